The third kappa shape index (κ3) is 6.95. The first-order valence-corrected chi connectivity index (χ1v) is 14.2. The van der Waals surface area contributed by atoms with E-state index in [1.54, 1.807) is 0 Å². The Balaban J connectivity index is 1.36. The average Bonchev–Trinajstić information content (AvgIpc) is 2.98. The van der Waals surface area contributed by atoms with Gasteiger partial charge in [-0.3, -0.25) is 4.79 Å². The first kappa shape index (κ1) is 27.5. The first-order valence-electron chi connectivity index (χ1n) is 14.2. The van der Waals surface area contributed by atoms with E-state index in [4.69, 9.17) is 9.47 Å². The van der Waals surface area contributed by atoms with Crippen LogP contribution in [-0.4, -0.2) is 41.7 Å². The van der Waals surface area contributed by atoms with E-state index in [0.29, 0.717) is 6.54 Å². The Bertz CT molecular complexity index is 1220. The number of carbonyl (C=O) groups excluding carboxylic acids is 1. The molecule has 3 aromatic rings. The Hall–Kier alpha value is -3.03. The number of aliphatic hydroxyl groups is 1. The minimum atomic E-state index is -0.460. The van der Waals surface area contributed by atoms with Crippen LogP contribution in [-0.2, 0) is 27.4 Å². The van der Waals surface area contributed by atoms with Crippen LogP contribution < -0.4 is 5.32 Å². The van der Waals surface area contributed by atoms with Crippen molar-refractivity contribution < 1.29 is 19.4 Å². The zero-order valence-electron chi connectivity index (χ0n) is 23.0. The number of aliphatic hydroxyl groups excluding tert-OH is 1. The van der Waals surface area contributed by atoms with Crippen LogP contribution in [0.1, 0.15) is 67.8 Å². The Morgan fingerprint density at radius 1 is 0.897 bits per heavy atom. The lowest BCUT2D eigenvalue weighted by molar-refractivity contribution is -0.276. The van der Waals surface area contributed by atoms with Gasteiger partial charge < -0.3 is 24.8 Å². The summed E-state index contributed by atoms with van der Waals surface area (Å²) < 4.78 is 13.3. The number of benzene rings is 3. The standard InChI is InChI=1S/C33H40N2O4/c1-23-31(21-35-17-4-3-5-18-35)38-33(39-32(23)28-11-9-25(22-36)10-12-28)29-15-13-27(14-16-29)30-8-6-7-26(19-30)20-34-24(2)37/h6-16,19,23,31-33,36H,3-5,17-18,20-22H2,1-2H3,(H,34,37)/t23-,31+,32+,33+/m1/s1. The number of nitrogens with one attached hydrogen (secondary N) is 1. The molecule has 6 heteroatoms. The Morgan fingerprint density at radius 2 is 1.62 bits per heavy atom. The van der Waals surface area contributed by atoms with Gasteiger partial charge in [0.1, 0.15) is 0 Å². The fourth-order valence-electron chi connectivity index (χ4n) is 5.64. The lowest BCUT2D eigenvalue weighted by Crippen LogP contribution is -2.45. The molecular formula is C33H40N2O4. The van der Waals surface area contributed by atoms with Gasteiger partial charge in [-0.15, -0.1) is 0 Å². The maximum atomic E-state index is 11.3. The Labute approximate surface area is 232 Å². The largest absolute Gasteiger partial charge is 0.392 e. The summed E-state index contributed by atoms with van der Waals surface area (Å²) in [5.74, 6) is 0.154. The third-order valence-electron chi connectivity index (χ3n) is 7.99. The summed E-state index contributed by atoms with van der Waals surface area (Å²) in [6, 6.07) is 24.8. The van der Waals surface area contributed by atoms with Crippen molar-refractivity contribution in [2.45, 2.75) is 64.8 Å². The summed E-state index contributed by atoms with van der Waals surface area (Å²) >= 11 is 0. The molecule has 2 saturated heterocycles. The predicted molar refractivity (Wildman–Crippen MR) is 153 cm³/mol. The topological polar surface area (TPSA) is 71.0 Å². The number of rotatable bonds is 8. The van der Waals surface area contributed by atoms with Gasteiger partial charge >= 0.3 is 0 Å². The molecule has 0 unspecified atom stereocenters. The summed E-state index contributed by atoms with van der Waals surface area (Å²) in [5, 5.41) is 12.4. The first-order chi connectivity index (χ1) is 19.0. The SMILES string of the molecule is CC(=O)NCc1cccc(-c2ccc([C@H]3O[C@@H](CN4CCCCC4)[C@@H](C)[C@@H](c4ccc(CO)cc4)O3)cc2)c1. The number of nitrogens with zero attached hydrogens (tertiary/aromatic N) is 1. The number of piperidine rings is 1. The maximum absolute atomic E-state index is 11.3. The van der Waals surface area contributed by atoms with Gasteiger partial charge in [0.15, 0.2) is 6.29 Å². The molecular weight excluding hydrogens is 488 g/mol. The molecule has 39 heavy (non-hydrogen) atoms. The summed E-state index contributed by atoms with van der Waals surface area (Å²) in [6.07, 6.45) is 3.30. The summed E-state index contributed by atoms with van der Waals surface area (Å²) in [6.45, 7) is 7.48. The second-order valence-electron chi connectivity index (χ2n) is 10.9. The highest BCUT2D eigenvalue weighted by atomic mass is 16.7. The minimum Gasteiger partial charge on any atom is -0.392 e. The van der Waals surface area contributed by atoms with Gasteiger partial charge in [0.05, 0.1) is 18.8 Å². The number of carbonyl (C=O) groups is 1. The molecule has 2 aliphatic rings. The second-order valence-corrected chi connectivity index (χ2v) is 10.9. The van der Waals surface area contributed by atoms with Gasteiger partial charge in [0.2, 0.25) is 5.91 Å². The molecule has 2 heterocycles. The van der Waals surface area contributed by atoms with E-state index < -0.39 is 6.29 Å². The van der Waals surface area contributed by atoms with Gasteiger partial charge in [-0.05, 0) is 59.8 Å². The van der Waals surface area contributed by atoms with E-state index in [1.807, 2.05) is 24.3 Å². The molecule has 206 valence electrons. The van der Waals surface area contributed by atoms with E-state index in [9.17, 15) is 9.90 Å². The van der Waals surface area contributed by atoms with E-state index in [1.165, 1.54) is 26.2 Å². The van der Waals surface area contributed by atoms with Gasteiger partial charge in [-0.2, -0.15) is 0 Å². The van der Waals surface area contributed by atoms with E-state index in [-0.39, 0.29) is 30.6 Å². The normalized spacial score (nSPS) is 23.9. The zero-order chi connectivity index (χ0) is 27.2. The van der Waals surface area contributed by atoms with Crippen molar-refractivity contribution in [2.75, 3.05) is 19.6 Å². The molecule has 6 nitrogen and oxygen atoms in total. The van der Waals surface area contributed by atoms with Crippen molar-refractivity contribution in [3.8, 4) is 11.1 Å². The number of hydrogen-bond donors (Lipinski definition) is 2. The van der Waals surface area contributed by atoms with Crippen molar-refractivity contribution in [1.29, 1.82) is 0 Å². The lowest BCUT2D eigenvalue weighted by atomic mass is 9.89. The molecule has 0 aromatic heterocycles. The number of ether oxygens (including phenoxy) is 2. The van der Waals surface area contributed by atoms with Crippen LogP contribution in [0.5, 0.6) is 0 Å². The molecule has 0 spiro atoms. The quantitative estimate of drug-likeness (QED) is 0.389. The summed E-state index contributed by atoms with van der Waals surface area (Å²) in [5.41, 5.74) is 6.29. The minimum absolute atomic E-state index is 0.0345. The predicted octanol–water partition coefficient (Wildman–Crippen LogP) is 5.76. The fourth-order valence-corrected chi connectivity index (χ4v) is 5.64. The van der Waals surface area contributed by atoms with Crippen LogP contribution in [0.3, 0.4) is 0 Å². The molecule has 0 saturated carbocycles. The van der Waals surface area contributed by atoms with Gasteiger partial charge in [-0.1, -0.05) is 80.1 Å². The molecule has 2 N–H and O–H groups in total. The number of hydrogen-bond acceptors (Lipinski definition) is 5. The lowest BCUT2D eigenvalue weighted by Gasteiger charge is -2.43. The smallest absolute Gasteiger partial charge is 0.217 e. The molecule has 5 rings (SSSR count). The van der Waals surface area contributed by atoms with Crippen molar-refractivity contribution in [3.05, 3.63) is 95.1 Å². The van der Waals surface area contributed by atoms with Crippen molar-refractivity contribution in [1.82, 2.24) is 10.2 Å². The number of likely N-dealkylation sites (tertiary alicyclic amines) is 1. The average molecular weight is 529 g/mol. The van der Waals surface area contributed by atoms with E-state index >= 15 is 0 Å². The highest BCUT2D eigenvalue weighted by Crippen LogP contribution is 2.42. The second kappa shape index (κ2) is 12.9. The monoisotopic (exact) mass is 528 g/mol. The Morgan fingerprint density at radius 3 is 2.31 bits per heavy atom. The molecule has 4 atom stereocenters. The molecule has 2 fully saturated rings. The summed E-state index contributed by atoms with van der Waals surface area (Å²) in [7, 11) is 0. The highest BCUT2D eigenvalue weighted by Gasteiger charge is 2.39. The van der Waals surface area contributed by atoms with Crippen LogP contribution in [0.2, 0.25) is 0 Å². The van der Waals surface area contributed by atoms with Gasteiger partial charge in [0.25, 0.3) is 0 Å². The van der Waals surface area contributed by atoms with Crippen LogP contribution in [0.4, 0.5) is 0 Å². The molecule has 1 amide bonds. The van der Waals surface area contributed by atoms with Gasteiger partial charge in [0, 0.05) is 31.5 Å². The molecule has 3 aromatic carbocycles. The van der Waals surface area contributed by atoms with Crippen LogP contribution >= 0.6 is 0 Å². The van der Waals surface area contributed by atoms with Crippen molar-refractivity contribution >= 4 is 5.91 Å². The molecule has 0 aliphatic carbocycles. The van der Waals surface area contributed by atoms with E-state index in [2.05, 4.69) is 65.7 Å². The summed E-state index contributed by atoms with van der Waals surface area (Å²) in [4.78, 5) is 13.8. The zero-order valence-corrected chi connectivity index (χ0v) is 23.0. The van der Waals surface area contributed by atoms with Gasteiger partial charge in [-0.25, -0.2) is 0 Å². The van der Waals surface area contributed by atoms with Crippen molar-refractivity contribution in [3.63, 3.8) is 0 Å². The van der Waals surface area contributed by atoms with Crippen LogP contribution in [0, 0.1) is 5.92 Å². The third-order valence-corrected chi connectivity index (χ3v) is 7.99. The van der Waals surface area contributed by atoms with Crippen LogP contribution in [0.25, 0.3) is 11.1 Å². The number of amides is 1. The molecule has 2 aliphatic heterocycles. The molecule has 0 bridgehead atoms. The highest BCUT2D eigenvalue weighted by molar-refractivity contribution is 5.73. The molecule has 0 radical (unpaired) electrons. The Kier molecular flexibility index (Phi) is 9.09. The maximum Gasteiger partial charge on any atom is 0.217 e. The van der Waals surface area contributed by atoms with E-state index in [0.717, 1.165) is 53.0 Å². The fraction of sp³-hybridized carbons (Fsp3) is 0.424. The van der Waals surface area contributed by atoms with Crippen molar-refractivity contribution in [2.24, 2.45) is 5.92 Å². The van der Waals surface area contributed by atoms with Crippen LogP contribution in [0.15, 0.2) is 72.8 Å².